The highest BCUT2D eigenvalue weighted by Gasteiger charge is 2.15. The van der Waals surface area contributed by atoms with Crippen LogP contribution in [0.25, 0.3) is 0 Å². The van der Waals surface area contributed by atoms with Crippen LogP contribution in [0.2, 0.25) is 0 Å². The molecule has 16 heavy (non-hydrogen) atoms. The lowest BCUT2D eigenvalue weighted by Gasteiger charge is -2.04. The maximum Gasteiger partial charge on any atom is 0.280 e. The monoisotopic (exact) mass is 302 g/mol. The first-order valence-electron chi connectivity index (χ1n) is 4.22. The van der Waals surface area contributed by atoms with E-state index in [1.807, 2.05) is 0 Å². The summed E-state index contributed by atoms with van der Waals surface area (Å²) >= 11 is 3.15. The first-order chi connectivity index (χ1) is 7.58. The minimum absolute atomic E-state index is 0.00530. The SMILES string of the molecule is O=S(=O)(Nc1cccc(Br)n1)c1cnc[nH]1. The Morgan fingerprint density at radius 1 is 1.38 bits per heavy atom. The minimum Gasteiger partial charge on any atom is -0.334 e. The number of nitrogens with one attached hydrogen (secondary N) is 2. The molecular formula is C8H7BrN4O2S. The lowest BCUT2D eigenvalue weighted by molar-refractivity contribution is 0.598. The molecule has 2 aromatic heterocycles. The topological polar surface area (TPSA) is 87.7 Å². The van der Waals surface area contributed by atoms with Gasteiger partial charge in [0.1, 0.15) is 10.4 Å². The van der Waals surface area contributed by atoms with Gasteiger partial charge < -0.3 is 4.98 Å². The molecule has 2 N–H and O–H groups in total. The van der Waals surface area contributed by atoms with Gasteiger partial charge in [-0.3, -0.25) is 4.72 Å². The molecular weight excluding hydrogens is 296 g/mol. The van der Waals surface area contributed by atoms with E-state index in [4.69, 9.17) is 0 Å². The lowest BCUT2D eigenvalue weighted by atomic mass is 10.5. The summed E-state index contributed by atoms with van der Waals surface area (Å²) in [7, 11) is -3.64. The third-order valence-corrected chi connectivity index (χ3v) is 3.44. The van der Waals surface area contributed by atoms with E-state index < -0.39 is 10.0 Å². The second kappa shape index (κ2) is 4.22. The van der Waals surface area contributed by atoms with Crippen molar-refractivity contribution < 1.29 is 8.42 Å². The molecule has 0 spiro atoms. The average Bonchev–Trinajstić information content (AvgIpc) is 2.69. The van der Waals surface area contributed by atoms with Crippen LogP contribution in [0.4, 0.5) is 5.82 Å². The van der Waals surface area contributed by atoms with Gasteiger partial charge in [-0.25, -0.2) is 9.97 Å². The predicted octanol–water partition coefficient (Wildman–Crippen LogP) is 1.37. The molecule has 0 atom stereocenters. The van der Waals surface area contributed by atoms with Crippen molar-refractivity contribution in [2.75, 3.05) is 4.72 Å². The number of nitrogens with zero attached hydrogens (tertiary/aromatic N) is 2. The zero-order valence-electron chi connectivity index (χ0n) is 7.88. The van der Waals surface area contributed by atoms with Crippen LogP contribution in [0.15, 0.2) is 40.4 Å². The third kappa shape index (κ3) is 2.39. The fourth-order valence-electron chi connectivity index (χ4n) is 1.05. The molecule has 0 radical (unpaired) electrons. The zero-order chi connectivity index (χ0) is 11.6. The number of pyridine rings is 1. The number of hydrogen-bond acceptors (Lipinski definition) is 4. The van der Waals surface area contributed by atoms with Gasteiger partial charge in [0.05, 0.1) is 12.5 Å². The number of rotatable bonds is 3. The van der Waals surface area contributed by atoms with E-state index in [1.165, 1.54) is 12.5 Å². The maximum atomic E-state index is 11.7. The number of sulfonamides is 1. The summed E-state index contributed by atoms with van der Waals surface area (Å²) in [6.07, 6.45) is 2.52. The van der Waals surface area contributed by atoms with E-state index in [2.05, 4.69) is 35.6 Å². The Bertz CT molecular complexity index is 582. The molecule has 0 saturated heterocycles. The standard InChI is InChI=1S/C8H7BrN4O2S/c9-6-2-1-3-7(12-6)13-16(14,15)8-4-10-5-11-8/h1-5H,(H,10,11)(H,12,13). The van der Waals surface area contributed by atoms with Crippen LogP contribution in [0.1, 0.15) is 0 Å². The summed E-state index contributed by atoms with van der Waals surface area (Å²) in [5.41, 5.74) is 0. The molecule has 0 aliphatic heterocycles. The summed E-state index contributed by atoms with van der Waals surface area (Å²) in [5, 5.41) is -0.00530. The number of anilines is 1. The highest BCUT2D eigenvalue weighted by molar-refractivity contribution is 9.10. The van der Waals surface area contributed by atoms with Crippen molar-refractivity contribution >= 4 is 31.8 Å². The molecule has 2 heterocycles. The van der Waals surface area contributed by atoms with Gasteiger partial charge in [0, 0.05) is 0 Å². The van der Waals surface area contributed by atoms with Gasteiger partial charge in [0.2, 0.25) is 0 Å². The van der Waals surface area contributed by atoms with E-state index in [0.717, 1.165) is 0 Å². The summed E-state index contributed by atoms with van der Waals surface area (Å²) in [6.45, 7) is 0. The summed E-state index contributed by atoms with van der Waals surface area (Å²) in [5.74, 6) is 0.240. The van der Waals surface area contributed by atoms with Gasteiger partial charge >= 0.3 is 0 Å². The zero-order valence-corrected chi connectivity index (χ0v) is 10.3. The minimum atomic E-state index is -3.64. The fourth-order valence-corrected chi connectivity index (χ4v) is 2.30. The maximum absolute atomic E-state index is 11.7. The summed E-state index contributed by atoms with van der Waals surface area (Å²) < 4.78 is 26.3. The first-order valence-corrected chi connectivity index (χ1v) is 6.49. The molecule has 0 bridgehead atoms. The van der Waals surface area contributed by atoms with Crippen LogP contribution >= 0.6 is 15.9 Å². The second-order valence-electron chi connectivity index (χ2n) is 2.87. The van der Waals surface area contributed by atoms with Crippen molar-refractivity contribution in [2.45, 2.75) is 5.03 Å². The van der Waals surface area contributed by atoms with E-state index in [1.54, 1.807) is 18.2 Å². The van der Waals surface area contributed by atoms with Crippen LogP contribution in [-0.2, 0) is 10.0 Å². The Balaban J connectivity index is 2.29. The number of aromatic nitrogens is 3. The molecule has 0 fully saturated rings. The Kier molecular flexibility index (Phi) is 2.92. The van der Waals surface area contributed by atoms with Crippen molar-refractivity contribution in [3.05, 3.63) is 35.3 Å². The fraction of sp³-hybridized carbons (Fsp3) is 0. The van der Waals surface area contributed by atoms with Crippen molar-refractivity contribution in [1.29, 1.82) is 0 Å². The molecule has 8 heteroatoms. The molecule has 0 unspecified atom stereocenters. The molecule has 0 saturated carbocycles. The number of aromatic amines is 1. The molecule has 0 amide bonds. The van der Waals surface area contributed by atoms with Gasteiger partial charge in [0.25, 0.3) is 10.0 Å². The Hall–Kier alpha value is -1.41. The van der Waals surface area contributed by atoms with Crippen molar-refractivity contribution in [2.24, 2.45) is 0 Å². The summed E-state index contributed by atoms with van der Waals surface area (Å²) in [4.78, 5) is 10.1. The normalized spacial score (nSPS) is 11.3. The quantitative estimate of drug-likeness (QED) is 0.838. The van der Waals surface area contributed by atoms with Crippen LogP contribution in [-0.4, -0.2) is 23.4 Å². The van der Waals surface area contributed by atoms with Gasteiger partial charge in [-0.05, 0) is 28.1 Å². The van der Waals surface area contributed by atoms with Gasteiger partial charge in [-0.15, -0.1) is 0 Å². The molecule has 2 aromatic rings. The van der Waals surface area contributed by atoms with Gasteiger partial charge in [0.15, 0.2) is 5.03 Å². The number of H-pyrrole nitrogens is 1. The largest absolute Gasteiger partial charge is 0.334 e. The van der Waals surface area contributed by atoms with Crippen molar-refractivity contribution in [3.8, 4) is 0 Å². The Morgan fingerprint density at radius 3 is 2.81 bits per heavy atom. The van der Waals surface area contributed by atoms with E-state index in [9.17, 15) is 8.42 Å². The Morgan fingerprint density at radius 2 is 2.19 bits per heavy atom. The molecule has 0 aliphatic rings. The second-order valence-corrected chi connectivity index (χ2v) is 5.33. The summed E-state index contributed by atoms with van der Waals surface area (Å²) in [6, 6.07) is 4.94. The van der Waals surface area contributed by atoms with Crippen molar-refractivity contribution in [3.63, 3.8) is 0 Å². The Labute approximate surface area is 100 Å². The van der Waals surface area contributed by atoms with Crippen LogP contribution in [0.5, 0.6) is 0 Å². The van der Waals surface area contributed by atoms with Gasteiger partial charge in [-0.1, -0.05) is 6.07 Å². The van der Waals surface area contributed by atoms with E-state index in [0.29, 0.717) is 4.60 Å². The molecule has 0 aromatic carbocycles. The van der Waals surface area contributed by atoms with E-state index in [-0.39, 0.29) is 10.8 Å². The first kappa shape index (κ1) is 11.1. The molecule has 2 rings (SSSR count). The lowest BCUT2D eigenvalue weighted by Crippen LogP contribution is -2.14. The van der Waals surface area contributed by atoms with Crippen LogP contribution in [0, 0.1) is 0 Å². The van der Waals surface area contributed by atoms with E-state index >= 15 is 0 Å². The number of hydrogen-bond donors (Lipinski definition) is 2. The molecule has 0 aliphatic carbocycles. The smallest absolute Gasteiger partial charge is 0.280 e. The van der Waals surface area contributed by atoms with Crippen LogP contribution < -0.4 is 4.72 Å². The number of halogens is 1. The highest BCUT2D eigenvalue weighted by Crippen LogP contribution is 2.14. The van der Waals surface area contributed by atoms with Crippen LogP contribution in [0.3, 0.4) is 0 Å². The molecule has 84 valence electrons. The number of imidazole rings is 1. The third-order valence-electron chi connectivity index (χ3n) is 1.72. The molecule has 6 nitrogen and oxygen atoms in total. The average molecular weight is 303 g/mol. The van der Waals surface area contributed by atoms with Crippen molar-refractivity contribution in [1.82, 2.24) is 15.0 Å². The highest BCUT2D eigenvalue weighted by atomic mass is 79.9. The van der Waals surface area contributed by atoms with Gasteiger partial charge in [-0.2, -0.15) is 8.42 Å². The predicted molar refractivity (Wildman–Crippen MR) is 61.3 cm³/mol.